The summed E-state index contributed by atoms with van der Waals surface area (Å²) in [6.45, 7) is 7.73. The first kappa shape index (κ1) is 24.6. The fourth-order valence-electron chi connectivity index (χ4n) is 3.96. The highest BCUT2D eigenvalue weighted by Crippen LogP contribution is 2.20. The maximum absolute atomic E-state index is 13.2. The quantitative estimate of drug-likeness (QED) is 0.584. The Hall–Kier alpha value is -2.62. The van der Waals surface area contributed by atoms with Gasteiger partial charge in [0.1, 0.15) is 5.82 Å². The van der Waals surface area contributed by atoms with E-state index in [-0.39, 0.29) is 35.9 Å². The van der Waals surface area contributed by atoms with Crippen LogP contribution in [0.3, 0.4) is 0 Å². The second-order valence-corrected chi connectivity index (χ2v) is 8.18. The zero-order valence-electron chi connectivity index (χ0n) is 19.1. The average Bonchev–Trinajstić information content (AvgIpc) is 2.73. The van der Waals surface area contributed by atoms with Gasteiger partial charge in [0.15, 0.2) is 5.69 Å². The Bertz CT molecular complexity index is 885. The molecule has 31 heavy (non-hydrogen) atoms. The zero-order valence-corrected chi connectivity index (χ0v) is 19.1. The topological polar surface area (TPSA) is 125 Å². The molecular weight excluding hydrogens is 400 g/mol. The Labute approximate surface area is 183 Å². The highest BCUT2D eigenvalue weighted by Gasteiger charge is 2.28. The SMILES string of the molecule is CCCCN(C(=O)CN1CCC(N(C)C(C)=O)CC1)c1c(N)n(CCC)c(=O)[nH]c1=O. The van der Waals surface area contributed by atoms with Crippen LogP contribution in [-0.4, -0.2) is 70.4 Å². The van der Waals surface area contributed by atoms with Crippen molar-refractivity contribution in [2.75, 3.05) is 43.9 Å². The number of anilines is 2. The first-order valence-corrected chi connectivity index (χ1v) is 11.1. The molecule has 174 valence electrons. The number of nitrogen functional groups attached to an aromatic ring is 1. The maximum Gasteiger partial charge on any atom is 0.330 e. The summed E-state index contributed by atoms with van der Waals surface area (Å²) in [4.78, 5) is 57.1. The first-order chi connectivity index (χ1) is 14.7. The number of nitrogens with two attached hydrogens (primary N) is 1. The minimum absolute atomic E-state index is 0.0295. The lowest BCUT2D eigenvalue weighted by Crippen LogP contribution is -2.49. The summed E-state index contributed by atoms with van der Waals surface area (Å²) < 4.78 is 1.31. The van der Waals surface area contributed by atoms with E-state index >= 15 is 0 Å². The number of rotatable bonds is 9. The van der Waals surface area contributed by atoms with E-state index in [9.17, 15) is 19.2 Å². The lowest BCUT2D eigenvalue weighted by Gasteiger charge is -2.36. The highest BCUT2D eigenvalue weighted by molar-refractivity contribution is 5.96. The second kappa shape index (κ2) is 11.1. The number of carbonyl (C=O) groups excluding carboxylic acids is 2. The Morgan fingerprint density at radius 1 is 1.16 bits per heavy atom. The summed E-state index contributed by atoms with van der Waals surface area (Å²) in [7, 11) is 1.81. The van der Waals surface area contributed by atoms with Gasteiger partial charge in [-0.15, -0.1) is 0 Å². The van der Waals surface area contributed by atoms with E-state index in [2.05, 4.69) is 4.98 Å². The number of hydrogen-bond donors (Lipinski definition) is 2. The molecule has 10 nitrogen and oxygen atoms in total. The third-order valence-electron chi connectivity index (χ3n) is 5.93. The molecule has 0 radical (unpaired) electrons. The molecule has 0 bridgehead atoms. The number of likely N-dealkylation sites (tertiary alicyclic amines) is 1. The molecule has 3 N–H and O–H groups in total. The summed E-state index contributed by atoms with van der Waals surface area (Å²) in [6.07, 6.45) is 3.81. The first-order valence-electron chi connectivity index (χ1n) is 11.1. The molecule has 0 atom stereocenters. The number of aromatic amines is 1. The van der Waals surface area contributed by atoms with E-state index in [4.69, 9.17) is 5.73 Å². The minimum Gasteiger partial charge on any atom is -0.383 e. The van der Waals surface area contributed by atoms with E-state index in [0.717, 1.165) is 19.3 Å². The van der Waals surface area contributed by atoms with E-state index < -0.39 is 11.2 Å². The van der Waals surface area contributed by atoms with Crippen LogP contribution in [0.15, 0.2) is 9.59 Å². The molecule has 0 unspecified atom stereocenters. The fraction of sp³-hybridized carbons (Fsp3) is 0.714. The van der Waals surface area contributed by atoms with E-state index in [1.165, 1.54) is 9.47 Å². The normalized spacial score (nSPS) is 15.1. The van der Waals surface area contributed by atoms with E-state index in [1.807, 2.05) is 18.7 Å². The fourth-order valence-corrected chi connectivity index (χ4v) is 3.96. The van der Waals surface area contributed by atoms with Gasteiger partial charge in [-0.1, -0.05) is 20.3 Å². The Morgan fingerprint density at radius 2 is 1.81 bits per heavy atom. The van der Waals surface area contributed by atoms with Crippen LogP contribution < -0.4 is 21.9 Å². The van der Waals surface area contributed by atoms with Gasteiger partial charge >= 0.3 is 5.69 Å². The number of piperidine rings is 1. The number of unbranched alkanes of at least 4 members (excludes halogenated alkanes) is 1. The molecule has 1 aliphatic rings. The van der Waals surface area contributed by atoms with Gasteiger partial charge in [0.05, 0.1) is 6.54 Å². The average molecular weight is 437 g/mol. The Balaban J connectivity index is 2.21. The summed E-state index contributed by atoms with van der Waals surface area (Å²) >= 11 is 0. The highest BCUT2D eigenvalue weighted by atomic mass is 16.2. The van der Waals surface area contributed by atoms with Crippen LogP contribution in [-0.2, 0) is 16.1 Å². The molecule has 1 aliphatic heterocycles. The second-order valence-electron chi connectivity index (χ2n) is 8.18. The van der Waals surface area contributed by atoms with Crippen molar-refractivity contribution in [1.29, 1.82) is 0 Å². The molecule has 2 heterocycles. The summed E-state index contributed by atoms with van der Waals surface area (Å²) in [5.41, 5.74) is 5.05. The molecule has 0 aromatic carbocycles. The predicted molar refractivity (Wildman–Crippen MR) is 121 cm³/mol. The Kier molecular flexibility index (Phi) is 8.85. The van der Waals surface area contributed by atoms with Gasteiger partial charge in [-0.25, -0.2) is 4.79 Å². The monoisotopic (exact) mass is 436 g/mol. The molecule has 1 fully saturated rings. The van der Waals surface area contributed by atoms with Gasteiger partial charge in [-0.05, 0) is 25.7 Å². The number of aromatic nitrogens is 2. The number of carbonyl (C=O) groups is 2. The van der Waals surface area contributed by atoms with Crippen LogP contribution >= 0.6 is 0 Å². The zero-order chi connectivity index (χ0) is 23.1. The van der Waals surface area contributed by atoms with Crippen molar-refractivity contribution in [3.05, 3.63) is 20.8 Å². The lowest BCUT2D eigenvalue weighted by molar-refractivity contribution is -0.131. The molecule has 2 rings (SSSR count). The number of H-pyrrole nitrogens is 1. The third-order valence-corrected chi connectivity index (χ3v) is 5.93. The molecule has 1 saturated heterocycles. The van der Waals surface area contributed by atoms with Crippen LogP contribution in [0.4, 0.5) is 11.5 Å². The molecule has 1 aromatic rings. The summed E-state index contributed by atoms with van der Waals surface area (Å²) in [5, 5.41) is 0. The number of amides is 2. The van der Waals surface area contributed by atoms with Crippen molar-refractivity contribution < 1.29 is 9.59 Å². The van der Waals surface area contributed by atoms with Crippen LogP contribution in [0.5, 0.6) is 0 Å². The van der Waals surface area contributed by atoms with Crippen LogP contribution in [0.2, 0.25) is 0 Å². The molecular formula is C21H36N6O4. The van der Waals surface area contributed by atoms with Crippen molar-refractivity contribution in [2.24, 2.45) is 0 Å². The van der Waals surface area contributed by atoms with Gasteiger partial charge in [0.25, 0.3) is 5.56 Å². The molecule has 0 aliphatic carbocycles. The maximum atomic E-state index is 13.2. The van der Waals surface area contributed by atoms with Crippen LogP contribution in [0.25, 0.3) is 0 Å². The standard InChI is InChI=1S/C21H36N6O4/c1-5-7-11-26(18-19(22)27(10-6-2)21(31)23-20(18)30)17(29)14-25-12-8-16(9-13-25)24(4)15(3)28/h16H,5-14,22H2,1-4H3,(H,23,30,31). The largest absolute Gasteiger partial charge is 0.383 e. The molecule has 2 amide bonds. The van der Waals surface area contributed by atoms with Gasteiger partial charge in [0, 0.05) is 46.2 Å². The summed E-state index contributed by atoms with van der Waals surface area (Å²) in [5.74, 6) is -0.148. The molecule has 10 heteroatoms. The predicted octanol–water partition coefficient (Wildman–Crippen LogP) is 0.605. The van der Waals surface area contributed by atoms with Crippen molar-refractivity contribution in [2.45, 2.75) is 65.5 Å². The number of hydrogen-bond acceptors (Lipinski definition) is 6. The van der Waals surface area contributed by atoms with Crippen LogP contribution in [0, 0.1) is 0 Å². The lowest BCUT2D eigenvalue weighted by atomic mass is 10.0. The van der Waals surface area contributed by atoms with Crippen molar-refractivity contribution in [3.8, 4) is 0 Å². The minimum atomic E-state index is -0.638. The molecule has 0 saturated carbocycles. The van der Waals surface area contributed by atoms with E-state index in [0.29, 0.717) is 39.0 Å². The smallest absolute Gasteiger partial charge is 0.330 e. The molecule has 1 aromatic heterocycles. The molecule has 0 spiro atoms. The van der Waals surface area contributed by atoms with Crippen molar-refractivity contribution >= 4 is 23.3 Å². The summed E-state index contributed by atoms with van der Waals surface area (Å²) in [6, 6.07) is 0.177. The number of nitrogens with one attached hydrogen (secondary N) is 1. The van der Waals surface area contributed by atoms with Crippen molar-refractivity contribution in [3.63, 3.8) is 0 Å². The van der Waals surface area contributed by atoms with Gasteiger partial charge in [-0.2, -0.15) is 0 Å². The number of nitrogens with zero attached hydrogens (tertiary/aromatic N) is 4. The van der Waals surface area contributed by atoms with Crippen molar-refractivity contribution in [1.82, 2.24) is 19.4 Å². The van der Waals surface area contributed by atoms with Gasteiger partial charge < -0.3 is 15.5 Å². The van der Waals surface area contributed by atoms with Crippen LogP contribution in [0.1, 0.15) is 52.9 Å². The Morgan fingerprint density at radius 3 is 2.35 bits per heavy atom. The van der Waals surface area contributed by atoms with Gasteiger partial charge in [-0.3, -0.25) is 28.8 Å². The van der Waals surface area contributed by atoms with E-state index in [1.54, 1.807) is 18.9 Å². The third kappa shape index (κ3) is 5.96. The van der Waals surface area contributed by atoms with Gasteiger partial charge in [0.2, 0.25) is 11.8 Å².